The Kier molecular flexibility index (Phi) is 6.32. The SMILES string of the molecule is CNS(=O)(=O)c1ccc(C(=O)OC(C)C(=O)NCC(F)(F)F)cc1. The van der Waals surface area contributed by atoms with Crippen molar-refractivity contribution in [2.45, 2.75) is 24.1 Å². The summed E-state index contributed by atoms with van der Waals surface area (Å²) in [6.07, 6.45) is -6.02. The van der Waals surface area contributed by atoms with Crippen LogP contribution < -0.4 is 10.0 Å². The number of rotatable bonds is 6. The molecule has 2 N–H and O–H groups in total. The number of esters is 1. The molecular weight excluding hydrogens is 353 g/mol. The van der Waals surface area contributed by atoms with Crippen LogP contribution >= 0.6 is 0 Å². The summed E-state index contributed by atoms with van der Waals surface area (Å²) in [5, 5.41) is 1.59. The number of halogens is 3. The molecule has 0 aliphatic carbocycles. The highest BCUT2D eigenvalue weighted by Gasteiger charge is 2.29. The van der Waals surface area contributed by atoms with Gasteiger partial charge in [0.2, 0.25) is 10.0 Å². The van der Waals surface area contributed by atoms with E-state index in [1.165, 1.54) is 7.05 Å². The highest BCUT2D eigenvalue weighted by molar-refractivity contribution is 7.89. The van der Waals surface area contributed by atoms with Crippen molar-refractivity contribution in [3.8, 4) is 0 Å². The van der Waals surface area contributed by atoms with Crippen LogP contribution in [0.15, 0.2) is 29.2 Å². The number of ether oxygens (including phenoxy) is 1. The lowest BCUT2D eigenvalue weighted by Crippen LogP contribution is -2.40. The molecule has 24 heavy (non-hydrogen) atoms. The van der Waals surface area contributed by atoms with E-state index in [2.05, 4.69) is 4.72 Å². The quantitative estimate of drug-likeness (QED) is 0.724. The van der Waals surface area contributed by atoms with E-state index >= 15 is 0 Å². The molecule has 0 spiro atoms. The first-order valence-electron chi connectivity index (χ1n) is 6.55. The molecule has 1 aromatic rings. The minimum atomic E-state index is -4.58. The zero-order valence-corrected chi connectivity index (χ0v) is 13.5. The van der Waals surface area contributed by atoms with Gasteiger partial charge in [0.15, 0.2) is 6.10 Å². The van der Waals surface area contributed by atoms with E-state index in [-0.39, 0.29) is 10.5 Å². The second-order valence-corrected chi connectivity index (χ2v) is 6.50. The normalized spacial score (nSPS) is 13.2. The van der Waals surface area contributed by atoms with Gasteiger partial charge in [-0.3, -0.25) is 4.79 Å². The number of hydrogen-bond donors (Lipinski definition) is 2. The zero-order valence-electron chi connectivity index (χ0n) is 12.7. The van der Waals surface area contributed by atoms with Crippen molar-refractivity contribution in [3.63, 3.8) is 0 Å². The Bertz CT molecular complexity index is 701. The summed E-state index contributed by atoms with van der Waals surface area (Å²) in [5.41, 5.74) is -0.0551. The number of carbonyl (C=O) groups excluding carboxylic acids is 2. The summed E-state index contributed by atoms with van der Waals surface area (Å²) in [5.74, 6) is -2.08. The molecule has 0 saturated heterocycles. The van der Waals surface area contributed by atoms with Gasteiger partial charge in [0.1, 0.15) is 6.54 Å². The molecule has 0 aliphatic rings. The van der Waals surface area contributed by atoms with Crippen LogP contribution in [0.1, 0.15) is 17.3 Å². The molecule has 0 heterocycles. The third-order valence-corrected chi connectivity index (χ3v) is 4.22. The van der Waals surface area contributed by atoms with Gasteiger partial charge in [0, 0.05) is 0 Å². The van der Waals surface area contributed by atoms with Crippen molar-refractivity contribution in [2.24, 2.45) is 0 Å². The van der Waals surface area contributed by atoms with Crippen molar-refractivity contribution in [3.05, 3.63) is 29.8 Å². The van der Waals surface area contributed by atoms with Gasteiger partial charge < -0.3 is 10.1 Å². The Morgan fingerprint density at radius 3 is 2.21 bits per heavy atom. The predicted octanol–water partition coefficient (Wildman–Crippen LogP) is 0.818. The second-order valence-electron chi connectivity index (χ2n) is 4.61. The van der Waals surface area contributed by atoms with Gasteiger partial charge in [-0.15, -0.1) is 0 Å². The highest BCUT2D eigenvalue weighted by atomic mass is 32.2. The monoisotopic (exact) mass is 368 g/mol. The summed E-state index contributed by atoms with van der Waals surface area (Å²) >= 11 is 0. The molecule has 0 aromatic heterocycles. The minimum Gasteiger partial charge on any atom is -0.449 e. The van der Waals surface area contributed by atoms with Gasteiger partial charge in [-0.2, -0.15) is 13.2 Å². The average Bonchev–Trinajstić information content (AvgIpc) is 2.51. The van der Waals surface area contributed by atoms with E-state index < -0.39 is 40.7 Å². The van der Waals surface area contributed by atoms with Crippen LogP contribution in [0.2, 0.25) is 0 Å². The molecule has 0 saturated carbocycles. The molecule has 134 valence electrons. The molecule has 0 radical (unpaired) electrons. The fourth-order valence-electron chi connectivity index (χ4n) is 1.50. The van der Waals surface area contributed by atoms with Crippen molar-refractivity contribution < 1.29 is 35.9 Å². The lowest BCUT2D eigenvalue weighted by atomic mass is 10.2. The first kappa shape index (κ1) is 19.9. The third-order valence-electron chi connectivity index (χ3n) is 2.79. The summed E-state index contributed by atoms with van der Waals surface area (Å²) in [7, 11) is -2.45. The van der Waals surface area contributed by atoms with Crippen molar-refractivity contribution in [1.82, 2.24) is 10.0 Å². The Morgan fingerprint density at radius 2 is 1.75 bits per heavy atom. The highest BCUT2D eigenvalue weighted by Crippen LogP contribution is 2.13. The van der Waals surface area contributed by atoms with Crippen molar-refractivity contribution in [2.75, 3.05) is 13.6 Å². The first-order valence-corrected chi connectivity index (χ1v) is 8.03. The van der Waals surface area contributed by atoms with Gasteiger partial charge >= 0.3 is 12.1 Å². The van der Waals surface area contributed by atoms with Gasteiger partial charge in [0.05, 0.1) is 10.5 Å². The van der Waals surface area contributed by atoms with Crippen LogP contribution in [-0.4, -0.2) is 46.2 Å². The number of carbonyl (C=O) groups is 2. The fraction of sp³-hybridized carbons (Fsp3) is 0.385. The number of hydrogen-bond acceptors (Lipinski definition) is 5. The van der Waals surface area contributed by atoms with Crippen LogP contribution in [0, 0.1) is 0 Å². The van der Waals surface area contributed by atoms with Gasteiger partial charge in [-0.25, -0.2) is 17.9 Å². The van der Waals surface area contributed by atoms with Crippen LogP contribution in [0.25, 0.3) is 0 Å². The molecule has 1 aromatic carbocycles. The number of benzene rings is 1. The maximum absolute atomic E-state index is 12.0. The molecule has 11 heteroatoms. The second kappa shape index (κ2) is 7.62. The maximum Gasteiger partial charge on any atom is 0.405 e. The Morgan fingerprint density at radius 1 is 1.21 bits per heavy atom. The van der Waals surface area contributed by atoms with E-state index in [0.29, 0.717) is 0 Å². The largest absolute Gasteiger partial charge is 0.449 e. The van der Waals surface area contributed by atoms with E-state index in [0.717, 1.165) is 31.2 Å². The maximum atomic E-state index is 12.0. The fourth-order valence-corrected chi connectivity index (χ4v) is 2.23. The van der Waals surface area contributed by atoms with Crippen LogP contribution in [0.4, 0.5) is 13.2 Å². The Balaban J connectivity index is 2.69. The van der Waals surface area contributed by atoms with Gasteiger partial charge in [-0.1, -0.05) is 0 Å². The lowest BCUT2D eigenvalue weighted by molar-refractivity contribution is -0.143. The number of nitrogens with one attached hydrogen (secondary N) is 2. The zero-order chi connectivity index (χ0) is 18.5. The summed E-state index contributed by atoms with van der Waals surface area (Å²) in [6, 6.07) is 4.62. The predicted molar refractivity (Wildman–Crippen MR) is 76.6 cm³/mol. The molecule has 7 nitrogen and oxygen atoms in total. The van der Waals surface area contributed by atoms with E-state index in [1.54, 1.807) is 5.32 Å². The van der Waals surface area contributed by atoms with Crippen LogP contribution in [0.3, 0.4) is 0 Å². The number of amides is 1. The standard InChI is InChI=1S/C13H15F3N2O5S/c1-8(11(19)18-7-13(14,15)16)23-12(20)9-3-5-10(6-4-9)24(21,22)17-2/h3-6,8,17H,7H2,1-2H3,(H,18,19). The molecule has 0 aliphatic heterocycles. The van der Waals surface area contributed by atoms with E-state index in [9.17, 15) is 31.2 Å². The molecule has 1 atom stereocenters. The topological polar surface area (TPSA) is 102 Å². The smallest absolute Gasteiger partial charge is 0.405 e. The summed E-state index contributed by atoms with van der Waals surface area (Å²) in [4.78, 5) is 23.1. The third kappa shape index (κ3) is 5.81. The Labute approximate surface area is 136 Å². The average molecular weight is 368 g/mol. The summed E-state index contributed by atoms with van der Waals surface area (Å²) in [6.45, 7) is -0.423. The lowest BCUT2D eigenvalue weighted by Gasteiger charge is -2.14. The first-order chi connectivity index (χ1) is 11.0. The van der Waals surface area contributed by atoms with Crippen molar-refractivity contribution in [1.29, 1.82) is 0 Å². The number of sulfonamides is 1. The van der Waals surface area contributed by atoms with Crippen LogP contribution in [0.5, 0.6) is 0 Å². The molecule has 1 unspecified atom stereocenters. The Hall–Kier alpha value is -2.14. The van der Waals surface area contributed by atoms with E-state index in [4.69, 9.17) is 4.74 Å². The summed E-state index contributed by atoms with van der Waals surface area (Å²) < 4.78 is 65.9. The molecular formula is C13H15F3N2O5S. The van der Waals surface area contributed by atoms with Gasteiger partial charge in [-0.05, 0) is 38.2 Å². The minimum absolute atomic E-state index is 0.0551. The van der Waals surface area contributed by atoms with E-state index in [1.807, 2.05) is 0 Å². The number of alkyl halides is 3. The molecule has 1 amide bonds. The van der Waals surface area contributed by atoms with Crippen molar-refractivity contribution >= 4 is 21.9 Å². The van der Waals surface area contributed by atoms with Gasteiger partial charge in [0.25, 0.3) is 5.91 Å². The molecule has 0 fully saturated rings. The molecule has 0 bridgehead atoms. The van der Waals surface area contributed by atoms with Crippen LogP contribution in [-0.2, 0) is 19.6 Å². The molecule has 1 rings (SSSR count).